The number of nitrogens with one attached hydrogen (secondary N) is 1. The van der Waals surface area contributed by atoms with Crippen molar-refractivity contribution in [3.8, 4) is 0 Å². The van der Waals surface area contributed by atoms with Crippen LogP contribution in [-0.2, 0) is 4.79 Å². The van der Waals surface area contributed by atoms with Crippen molar-refractivity contribution in [3.05, 3.63) is 0 Å². The molecular weight excluding hydrogens is 114 g/mol. The van der Waals surface area contributed by atoms with E-state index in [1.165, 1.54) is 0 Å². The smallest absolute Gasteiger partial charge is 0.138 e. The molecule has 0 spiro atoms. The van der Waals surface area contributed by atoms with Gasteiger partial charge in [0.15, 0.2) is 0 Å². The molecule has 1 fully saturated rings. The van der Waals surface area contributed by atoms with Crippen molar-refractivity contribution in [2.24, 2.45) is 5.92 Å². The van der Waals surface area contributed by atoms with E-state index in [2.05, 4.69) is 12.2 Å². The van der Waals surface area contributed by atoms with Crippen LogP contribution in [0.5, 0.6) is 0 Å². The Kier molecular flexibility index (Phi) is 2.22. The van der Waals surface area contributed by atoms with E-state index >= 15 is 0 Å². The van der Waals surface area contributed by atoms with E-state index in [-0.39, 0.29) is 0 Å². The zero-order valence-corrected chi connectivity index (χ0v) is 5.81. The third-order valence-corrected chi connectivity index (χ3v) is 1.89. The highest BCUT2D eigenvalue weighted by atomic mass is 16.1. The van der Waals surface area contributed by atoms with Gasteiger partial charge in [0, 0.05) is 25.4 Å². The van der Waals surface area contributed by atoms with Gasteiger partial charge in [-0.3, -0.25) is 4.79 Å². The van der Waals surface area contributed by atoms with Gasteiger partial charge in [0.2, 0.25) is 0 Å². The van der Waals surface area contributed by atoms with E-state index < -0.39 is 0 Å². The minimum absolute atomic E-state index is 0.304. The predicted octanol–water partition coefficient (Wildman–Crippen LogP) is 0.575. The van der Waals surface area contributed by atoms with Gasteiger partial charge in [-0.05, 0) is 6.42 Å². The Balaban J connectivity index is 2.39. The molecule has 0 aromatic carbocycles. The molecule has 52 valence electrons. The molecule has 1 aliphatic rings. The number of hydrogen-bond acceptors (Lipinski definition) is 2. The van der Waals surface area contributed by atoms with Crippen molar-refractivity contribution in [1.82, 2.24) is 5.32 Å². The monoisotopic (exact) mass is 127 g/mol. The second kappa shape index (κ2) is 2.97. The van der Waals surface area contributed by atoms with Crippen LogP contribution < -0.4 is 5.32 Å². The molecule has 0 aromatic rings. The molecule has 2 heteroatoms. The minimum Gasteiger partial charge on any atom is -0.316 e. The summed E-state index contributed by atoms with van der Waals surface area (Å²) in [7, 11) is 0. The zero-order valence-electron chi connectivity index (χ0n) is 5.81. The van der Waals surface area contributed by atoms with Crippen molar-refractivity contribution < 1.29 is 4.79 Å². The van der Waals surface area contributed by atoms with Gasteiger partial charge < -0.3 is 5.32 Å². The highest BCUT2D eigenvalue weighted by Crippen LogP contribution is 2.08. The molecule has 0 aliphatic carbocycles. The van der Waals surface area contributed by atoms with Gasteiger partial charge in [-0.25, -0.2) is 0 Å². The van der Waals surface area contributed by atoms with E-state index in [0.717, 1.165) is 25.9 Å². The number of ketones is 1. The van der Waals surface area contributed by atoms with E-state index in [0.29, 0.717) is 11.7 Å². The molecule has 0 radical (unpaired) electrons. The maximum Gasteiger partial charge on any atom is 0.138 e. The number of piperidine rings is 1. The molecule has 0 aromatic heterocycles. The highest BCUT2D eigenvalue weighted by Gasteiger charge is 2.18. The van der Waals surface area contributed by atoms with Crippen LogP contribution in [-0.4, -0.2) is 18.9 Å². The molecule has 1 saturated heterocycles. The molecule has 0 amide bonds. The Morgan fingerprint density at radius 2 is 2.56 bits per heavy atom. The second-order valence-electron chi connectivity index (χ2n) is 2.53. The number of carbonyl (C=O) groups is 1. The summed E-state index contributed by atoms with van der Waals surface area (Å²) in [4.78, 5) is 11.0. The van der Waals surface area contributed by atoms with E-state index in [9.17, 15) is 4.79 Å². The van der Waals surface area contributed by atoms with Crippen molar-refractivity contribution in [3.63, 3.8) is 0 Å². The van der Waals surface area contributed by atoms with Crippen LogP contribution in [0.25, 0.3) is 0 Å². The largest absolute Gasteiger partial charge is 0.316 e. The summed E-state index contributed by atoms with van der Waals surface area (Å²) in [5, 5.41) is 3.20. The molecule has 0 saturated carbocycles. The highest BCUT2D eigenvalue weighted by molar-refractivity contribution is 5.82. The maximum absolute atomic E-state index is 11.0. The van der Waals surface area contributed by atoms with Crippen LogP contribution in [0.1, 0.15) is 19.8 Å². The summed E-state index contributed by atoms with van der Waals surface area (Å²) in [6, 6.07) is 0. The van der Waals surface area contributed by atoms with Gasteiger partial charge in [0.1, 0.15) is 5.78 Å². The third-order valence-electron chi connectivity index (χ3n) is 1.89. The third kappa shape index (κ3) is 1.52. The summed E-state index contributed by atoms with van der Waals surface area (Å²) in [6.07, 6.45) is 1.73. The molecule has 1 N–H and O–H groups in total. The quantitative estimate of drug-likeness (QED) is 0.558. The molecule has 1 aliphatic heterocycles. The van der Waals surface area contributed by atoms with Crippen molar-refractivity contribution >= 4 is 5.78 Å². The average molecular weight is 127 g/mol. The number of rotatable bonds is 1. The fourth-order valence-corrected chi connectivity index (χ4v) is 1.18. The Morgan fingerprint density at radius 1 is 1.78 bits per heavy atom. The zero-order chi connectivity index (χ0) is 6.69. The van der Waals surface area contributed by atoms with Crippen LogP contribution in [0.15, 0.2) is 0 Å². The van der Waals surface area contributed by atoms with Crippen molar-refractivity contribution in [1.29, 1.82) is 0 Å². The molecular formula is C7H13NO. The standard InChI is InChI=1S/C7H13NO/c1-2-6-5-8-4-3-7(6)9/h6,8H,2-5H2,1H3. The lowest BCUT2D eigenvalue weighted by Crippen LogP contribution is -2.36. The molecule has 1 atom stereocenters. The van der Waals surface area contributed by atoms with E-state index in [1.54, 1.807) is 0 Å². The fraction of sp³-hybridized carbons (Fsp3) is 0.857. The lowest BCUT2D eigenvalue weighted by atomic mass is 9.96. The number of hydrogen-bond donors (Lipinski definition) is 1. The Labute approximate surface area is 55.6 Å². The topological polar surface area (TPSA) is 29.1 Å². The van der Waals surface area contributed by atoms with Crippen molar-refractivity contribution in [2.45, 2.75) is 19.8 Å². The van der Waals surface area contributed by atoms with Gasteiger partial charge >= 0.3 is 0 Å². The van der Waals surface area contributed by atoms with Gasteiger partial charge in [0.25, 0.3) is 0 Å². The molecule has 9 heavy (non-hydrogen) atoms. The molecule has 1 rings (SSSR count). The van der Waals surface area contributed by atoms with Crippen LogP contribution in [0.4, 0.5) is 0 Å². The Morgan fingerprint density at radius 3 is 3.00 bits per heavy atom. The number of Topliss-reactive ketones (excluding diaryl/α,β-unsaturated/α-hetero) is 1. The summed E-state index contributed by atoms with van der Waals surface area (Å²) >= 11 is 0. The predicted molar refractivity (Wildman–Crippen MR) is 36.3 cm³/mol. The molecule has 1 heterocycles. The molecule has 2 nitrogen and oxygen atoms in total. The second-order valence-corrected chi connectivity index (χ2v) is 2.53. The van der Waals surface area contributed by atoms with Crippen molar-refractivity contribution in [2.75, 3.05) is 13.1 Å². The maximum atomic E-state index is 11.0. The van der Waals surface area contributed by atoms with Crippen LogP contribution in [0.2, 0.25) is 0 Å². The SMILES string of the molecule is CCC1CNCCC1=O. The molecule has 0 bridgehead atoms. The van der Waals surface area contributed by atoms with Gasteiger partial charge in [-0.1, -0.05) is 6.92 Å². The average Bonchev–Trinajstić information content (AvgIpc) is 1.89. The lowest BCUT2D eigenvalue weighted by molar-refractivity contribution is -0.123. The fourth-order valence-electron chi connectivity index (χ4n) is 1.18. The van der Waals surface area contributed by atoms with Gasteiger partial charge in [-0.15, -0.1) is 0 Å². The summed E-state index contributed by atoms with van der Waals surface area (Å²) in [6.45, 7) is 3.85. The summed E-state index contributed by atoms with van der Waals surface area (Å²) < 4.78 is 0. The number of carbonyl (C=O) groups excluding carboxylic acids is 1. The van der Waals surface area contributed by atoms with Crippen LogP contribution in [0.3, 0.4) is 0 Å². The lowest BCUT2D eigenvalue weighted by Gasteiger charge is -2.19. The summed E-state index contributed by atoms with van der Waals surface area (Å²) in [5.41, 5.74) is 0. The first kappa shape index (κ1) is 6.75. The normalized spacial score (nSPS) is 28.6. The minimum atomic E-state index is 0.304. The first-order chi connectivity index (χ1) is 4.34. The molecule has 1 unspecified atom stereocenters. The first-order valence-electron chi connectivity index (χ1n) is 3.58. The van der Waals surface area contributed by atoms with Crippen LogP contribution in [0, 0.1) is 5.92 Å². The Bertz CT molecular complexity index is 111. The van der Waals surface area contributed by atoms with E-state index in [4.69, 9.17) is 0 Å². The first-order valence-corrected chi connectivity index (χ1v) is 3.58. The van der Waals surface area contributed by atoms with Gasteiger partial charge in [-0.2, -0.15) is 0 Å². The summed E-state index contributed by atoms with van der Waals surface area (Å²) in [5.74, 6) is 0.745. The Hall–Kier alpha value is -0.370. The van der Waals surface area contributed by atoms with Crippen LogP contribution >= 0.6 is 0 Å². The van der Waals surface area contributed by atoms with Gasteiger partial charge in [0.05, 0.1) is 0 Å². The van der Waals surface area contributed by atoms with E-state index in [1.807, 2.05) is 0 Å².